The van der Waals surface area contributed by atoms with E-state index in [-0.39, 0.29) is 6.04 Å². The number of nitrogens with zero attached hydrogens (tertiary/aromatic N) is 5. The van der Waals surface area contributed by atoms with Gasteiger partial charge in [-0.1, -0.05) is 0 Å². The lowest BCUT2D eigenvalue weighted by Gasteiger charge is -2.33. The van der Waals surface area contributed by atoms with E-state index in [0.29, 0.717) is 6.61 Å². The van der Waals surface area contributed by atoms with Crippen molar-refractivity contribution >= 4 is 23.3 Å². The molecule has 2 N–H and O–H groups in total. The third kappa shape index (κ3) is 9.82. The number of hydrogen-bond acceptors (Lipinski definition) is 8. The second-order valence-corrected chi connectivity index (χ2v) is 8.81. The maximum Gasteiger partial charge on any atom is 0.490 e. The average molecular weight is 584 g/mol. The maximum atomic E-state index is 10.6. The highest BCUT2D eigenvalue weighted by atomic mass is 32.1. The largest absolute Gasteiger partial charge is 0.490 e. The van der Waals surface area contributed by atoms with Gasteiger partial charge in [0.25, 0.3) is 0 Å². The zero-order valence-electron chi connectivity index (χ0n) is 20.4. The fourth-order valence-corrected chi connectivity index (χ4v) is 3.97. The number of hydrogen-bond donors (Lipinski definition) is 2. The number of carboxylic acid groups (broad SMARTS) is 2. The third-order valence-corrected chi connectivity index (χ3v) is 5.96. The van der Waals surface area contributed by atoms with Crippen LogP contribution in [0.25, 0.3) is 0 Å². The highest BCUT2D eigenvalue weighted by molar-refractivity contribution is 7.09. The molecule has 10 nitrogen and oxygen atoms in total. The van der Waals surface area contributed by atoms with Gasteiger partial charge in [0, 0.05) is 30.4 Å². The molecule has 1 atom stereocenters. The number of imidazole rings is 1. The molecule has 0 aromatic carbocycles. The summed E-state index contributed by atoms with van der Waals surface area (Å²) in [6, 6.07) is 4.06. The number of aryl methyl sites for hydroxylation is 1. The minimum absolute atomic E-state index is 0.269. The number of rotatable bonds is 5. The summed E-state index contributed by atoms with van der Waals surface area (Å²) in [7, 11) is 0. The zero-order chi connectivity index (χ0) is 29.4. The Kier molecular flexibility index (Phi) is 10.8. The molecule has 0 fully saturated rings. The van der Waals surface area contributed by atoms with Crippen LogP contribution in [0, 0.1) is 6.92 Å². The van der Waals surface area contributed by atoms with Crippen molar-refractivity contribution < 1.29 is 50.9 Å². The van der Waals surface area contributed by atoms with Crippen LogP contribution in [0.3, 0.4) is 0 Å². The number of aliphatic carboxylic acids is 2. The second-order valence-electron chi connectivity index (χ2n) is 7.87. The van der Waals surface area contributed by atoms with Gasteiger partial charge in [-0.05, 0) is 26.0 Å². The van der Waals surface area contributed by atoms with E-state index in [1.807, 2.05) is 25.3 Å². The van der Waals surface area contributed by atoms with Crippen molar-refractivity contribution in [3.63, 3.8) is 0 Å². The van der Waals surface area contributed by atoms with Crippen LogP contribution in [0.15, 0.2) is 36.1 Å². The maximum absolute atomic E-state index is 10.6. The summed E-state index contributed by atoms with van der Waals surface area (Å²) in [5.74, 6) is -3.63. The summed E-state index contributed by atoms with van der Waals surface area (Å²) >= 11 is 1.73. The van der Waals surface area contributed by atoms with E-state index in [1.54, 1.807) is 23.7 Å². The van der Waals surface area contributed by atoms with Gasteiger partial charge in [-0.2, -0.15) is 26.3 Å². The highest BCUT2D eigenvalue weighted by Crippen LogP contribution is 2.28. The third-order valence-electron chi connectivity index (χ3n) is 5.01. The number of pyridine rings is 1. The summed E-state index contributed by atoms with van der Waals surface area (Å²) < 4.78 is 71.6. The molecule has 39 heavy (non-hydrogen) atoms. The van der Waals surface area contributed by atoms with E-state index in [1.165, 1.54) is 5.01 Å². The molecule has 17 heteroatoms. The first-order chi connectivity index (χ1) is 18.1. The molecule has 214 valence electrons. The molecular formula is C22H23F6N5O5S. The number of ether oxygens (including phenoxy) is 1. The Morgan fingerprint density at radius 1 is 1.10 bits per heavy atom. The van der Waals surface area contributed by atoms with Gasteiger partial charge in [0.05, 0.1) is 30.7 Å². The molecule has 0 saturated carbocycles. The monoisotopic (exact) mass is 583 g/mol. The Labute approximate surface area is 221 Å². The fraction of sp³-hybridized carbons (Fsp3) is 0.409. The summed E-state index contributed by atoms with van der Waals surface area (Å²) in [6.07, 6.45) is -4.76. The van der Waals surface area contributed by atoms with Crippen LogP contribution in [0.4, 0.5) is 26.3 Å². The highest BCUT2D eigenvalue weighted by Gasteiger charge is 2.38. The van der Waals surface area contributed by atoms with Crippen LogP contribution in [0.1, 0.15) is 35.2 Å². The number of alkyl halides is 6. The Balaban J connectivity index is 0.000000317. The summed E-state index contributed by atoms with van der Waals surface area (Å²) in [6.45, 7) is 7.56. The first kappa shape index (κ1) is 31.5. The van der Waals surface area contributed by atoms with Gasteiger partial charge in [0.1, 0.15) is 23.2 Å². The van der Waals surface area contributed by atoms with E-state index in [0.717, 1.165) is 42.6 Å². The zero-order valence-corrected chi connectivity index (χ0v) is 21.2. The van der Waals surface area contributed by atoms with Gasteiger partial charge in [-0.3, -0.25) is 9.88 Å². The molecule has 4 rings (SSSR count). The molecule has 0 radical (unpaired) electrons. The molecule has 0 saturated heterocycles. The first-order valence-electron chi connectivity index (χ1n) is 10.9. The van der Waals surface area contributed by atoms with Crippen molar-refractivity contribution in [3.8, 4) is 5.75 Å². The van der Waals surface area contributed by atoms with Crippen molar-refractivity contribution in [1.82, 2.24) is 24.4 Å². The number of aromatic nitrogens is 4. The Hall–Kier alpha value is -3.73. The van der Waals surface area contributed by atoms with E-state index >= 15 is 0 Å². The Bertz CT molecular complexity index is 1210. The molecule has 3 aromatic heterocycles. The molecule has 0 spiro atoms. The minimum atomic E-state index is -5.08. The molecule has 1 aliphatic heterocycles. The molecule has 0 amide bonds. The molecule has 1 unspecified atom stereocenters. The number of fused-ring (bicyclic) bond motifs is 1. The van der Waals surface area contributed by atoms with Crippen molar-refractivity contribution in [1.29, 1.82) is 0 Å². The number of halogens is 6. The van der Waals surface area contributed by atoms with Crippen LogP contribution in [-0.4, -0.2) is 65.5 Å². The van der Waals surface area contributed by atoms with Gasteiger partial charge < -0.3 is 19.5 Å². The van der Waals surface area contributed by atoms with Gasteiger partial charge in [-0.15, -0.1) is 11.3 Å². The van der Waals surface area contributed by atoms with Crippen LogP contribution in [0.5, 0.6) is 5.75 Å². The van der Waals surface area contributed by atoms with E-state index in [9.17, 15) is 26.3 Å². The molecular weight excluding hydrogens is 560 g/mol. The van der Waals surface area contributed by atoms with E-state index < -0.39 is 24.3 Å². The lowest BCUT2D eigenvalue weighted by molar-refractivity contribution is -0.193. The lowest BCUT2D eigenvalue weighted by atomic mass is 10.2. The van der Waals surface area contributed by atoms with Gasteiger partial charge >= 0.3 is 24.3 Å². The van der Waals surface area contributed by atoms with Crippen molar-refractivity contribution in [3.05, 3.63) is 58.3 Å². The van der Waals surface area contributed by atoms with Crippen LogP contribution in [-0.2, 0) is 29.3 Å². The summed E-state index contributed by atoms with van der Waals surface area (Å²) in [5.41, 5.74) is 2.21. The summed E-state index contributed by atoms with van der Waals surface area (Å²) in [5, 5.41) is 17.5. The second kappa shape index (κ2) is 13.4. The normalized spacial score (nSPS) is 15.2. The minimum Gasteiger partial charge on any atom is -0.486 e. The van der Waals surface area contributed by atoms with Crippen molar-refractivity contribution in [2.75, 3.05) is 6.54 Å². The molecule has 3 aromatic rings. The lowest BCUT2D eigenvalue weighted by Crippen LogP contribution is -2.37. The van der Waals surface area contributed by atoms with Crippen molar-refractivity contribution in [2.24, 2.45) is 0 Å². The number of carbonyl (C=O) groups is 2. The topological polar surface area (TPSA) is 131 Å². The predicted molar refractivity (Wildman–Crippen MR) is 124 cm³/mol. The fourth-order valence-electron chi connectivity index (χ4n) is 3.17. The molecule has 0 aliphatic carbocycles. The Morgan fingerprint density at radius 2 is 1.72 bits per heavy atom. The van der Waals surface area contributed by atoms with Crippen LogP contribution >= 0.6 is 11.3 Å². The standard InChI is InChI=1S/C18H21N5OS.2C2HF3O2/c1-13-12-25-17(21-13)10-22-6-7-23-15(8-20-18(23)14(22)2)11-24-16-4-3-5-19-9-16;2*3-2(4,5)1(6)7/h3-5,8-9,12,14H,6-7,10-11H2,1-2H3;2*(H,6,7). The van der Waals surface area contributed by atoms with Gasteiger partial charge in [0.2, 0.25) is 0 Å². The van der Waals surface area contributed by atoms with Crippen molar-refractivity contribution in [2.45, 2.75) is 51.9 Å². The van der Waals surface area contributed by atoms with Crippen LogP contribution in [0.2, 0.25) is 0 Å². The Morgan fingerprint density at radius 3 is 2.21 bits per heavy atom. The van der Waals surface area contributed by atoms with Gasteiger partial charge in [0.15, 0.2) is 0 Å². The summed E-state index contributed by atoms with van der Waals surface area (Å²) in [4.78, 5) is 33.5. The SMILES string of the molecule is Cc1csc(CN2CCn3c(COc4cccnc4)cnc3C2C)n1.O=C(O)C(F)(F)F.O=C(O)C(F)(F)F. The average Bonchev–Trinajstić information content (AvgIpc) is 3.46. The number of carboxylic acids is 2. The molecule has 4 heterocycles. The van der Waals surface area contributed by atoms with Gasteiger partial charge in [-0.25, -0.2) is 19.6 Å². The predicted octanol–water partition coefficient (Wildman–Crippen LogP) is 4.47. The first-order valence-corrected chi connectivity index (χ1v) is 11.8. The molecule has 1 aliphatic rings. The number of thiazole rings is 1. The smallest absolute Gasteiger partial charge is 0.486 e. The van der Waals surface area contributed by atoms with E-state index in [2.05, 4.69) is 36.7 Å². The molecule has 0 bridgehead atoms. The van der Waals surface area contributed by atoms with Crippen LogP contribution < -0.4 is 4.74 Å². The van der Waals surface area contributed by atoms with E-state index in [4.69, 9.17) is 24.5 Å². The quantitative estimate of drug-likeness (QED) is 0.418.